The molecule has 6 heterocycles. The summed E-state index contributed by atoms with van der Waals surface area (Å²) in [6, 6.07) is 16.5. The zero-order valence-corrected chi connectivity index (χ0v) is 33.0. The lowest BCUT2D eigenvalue weighted by atomic mass is 9.92. The molecule has 4 aromatic rings. The molecular weight excluding hydrogens is 749 g/mol. The van der Waals surface area contributed by atoms with Crippen molar-refractivity contribution in [2.45, 2.75) is 76.1 Å². The van der Waals surface area contributed by atoms with E-state index in [0.29, 0.717) is 41.3 Å². The zero-order chi connectivity index (χ0) is 40.5. The number of pyridine rings is 1. The number of fused-ring (bicyclic) bond motifs is 2. The standard InChI is InChI=1S/C44H48N10O5/c1-45-35-10-13-38(34-3-2-18-46-41(34)35)59-32-7-4-30(5-8-32)47-42(56)36-11-14-39(50-49-36)53-19-16-28(17-20-53)26-51-21-23-52(24-22-51)31-6-9-33-29(25-31)27-54(44(33)58)37-12-15-40(55)48-43(37)57/h2-3,6,9-11,13-14,18,25,28,30,32,37H,4-5,7-8,12,15-17,19-24,26-27H2,(H,47,56)(H,48,55,57)/t30?,32?,37-/m0/s1. The highest BCUT2D eigenvalue weighted by Gasteiger charge is 2.39. The molecule has 2 aromatic carbocycles. The highest BCUT2D eigenvalue weighted by Crippen LogP contribution is 2.35. The number of anilines is 2. The average Bonchev–Trinajstić information content (AvgIpc) is 3.59. The number of carbonyl (C=O) groups is 4. The summed E-state index contributed by atoms with van der Waals surface area (Å²) in [5.41, 5.74) is 4.16. The molecule has 1 atom stereocenters. The molecule has 2 aromatic heterocycles. The van der Waals surface area contributed by atoms with Gasteiger partial charge in [0.1, 0.15) is 11.8 Å². The minimum atomic E-state index is -0.605. The van der Waals surface area contributed by atoms with E-state index in [2.05, 4.69) is 51.4 Å². The minimum absolute atomic E-state index is 0.0268. The van der Waals surface area contributed by atoms with Gasteiger partial charge >= 0.3 is 0 Å². The number of imide groups is 1. The van der Waals surface area contributed by atoms with Crippen molar-refractivity contribution in [3.05, 3.63) is 89.0 Å². The number of benzene rings is 2. The van der Waals surface area contributed by atoms with Gasteiger partial charge in [0.05, 0.1) is 18.2 Å². The molecule has 2 N–H and O–H groups in total. The Morgan fingerprint density at radius 3 is 2.44 bits per heavy atom. The van der Waals surface area contributed by atoms with Crippen LogP contribution in [-0.2, 0) is 16.1 Å². The molecule has 9 rings (SSSR count). The molecule has 1 saturated carbocycles. The van der Waals surface area contributed by atoms with Crippen LogP contribution in [0.4, 0.5) is 17.2 Å². The smallest absolute Gasteiger partial charge is 0.272 e. The Kier molecular flexibility index (Phi) is 10.8. The number of nitrogens with zero attached hydrogens (tertiary/aromatic N) is 8. The first-order valence-corrected chi connectivity index (χ1v) is 20.9. The second-order valence-electron chi connectivity index (χ2n) is 16.4. The van der Waals surface area contributed by atoms with E-state index < -0.39 is 6.04 Å². The van der Waals surface area contributed by atoms with Crippen molar-refractivity contribution in [2.75, 3.05) is 55.6 Å². The molecule has 304 valence electrons. The van der Waals surface area contributed by atoms with Gasteiger partial charge in [0, 0.05) is 87.7 Å². The van der Waals surface area contributed by atoms with Crippen LogP contribution in [0.15, 0.2) is 60.8 Å². The Morgan fingerprint density at radius 1 is 0.881 bits per heavy atom. The largest absolute Gasteiger partial charge is 0.490 e. The number of ether oxygens (including phenoxy) is 1. The van der Waals surface area contributed by atoms with Crippen molar-refractivity contribution in [2.24, 2.45) is 5.92 Å². The third kappa shape index (κ3) is 8.14. The van der Waals surface area contributed by atoms with Crippen molar-refractivity contribution in [1.29, 1.82) is 0 Å². The monoisotopic (exact) mass is 796 g/mol. The third-order valence-electron chi connectivity index (χ3n) is 12.7. The summed E-state index contributed by atoms with van der Waals surface area (Å²) in [6.07, 6.45) is 7.68. The summed E-state index contributed by atoms with van der Waals surface area (Å²) in [7, 11) is 0. The summed E-state index contributed by atoms with van der Waals surface area (Å²) < 4.78 is 6.36. The molecule has 0 bridgehead atoms. The van der Waals surface area contributed by atoms with Crippen LogP contribution in [0, 0.1) is 12.5 Å². The lowest BCUT2D eigenvalue weighted by Crippen LogP contribution is -2.52. The molecule has 59 heavy (non-hydrogen) atoms. The van der Waals surface area contributed by atoms with Crippen LogP contribution in [0.3, 0.4) is 0 Å². The fourth-order valence-corrected chi connectivity index (χ4v) is 9.36. The van der Waals surface area contributed by atoms with Crippen molar-refractivity contribution in [3.63, 3.8) is 0 Å². The van der Waals surface area contributed by atoms with Gasteiger partial charge in [-0.15, -0.1) is 10.2 Å². The first kappa shape index (κ1) is 38.4. The van der Waals surface area contributed by atoms with Gasteiger partial charge in [-0.05, 0) is 105 Å². The molecule has 0 spiro atoms. The average molecular weight is 797 g/mol. The van der Waals surface area contributed by atoms with Crippen LogP contribution >= 0.6 is 0 Å². The highest BCUT2D eigenvalue weighted by atomic mass is 16.5. The van der Waals surface area contributed by atoms with E-state index in [9.17, 15) is 19.2 Å². The topological polar surface area (TPSA) is 158 Å². The predicted octanol–water partition coefficient (Wildman–Crippen LogP) is 4.50. The molecule has 0 radical (unpaired) electrons. The summed E-state index contributed by atoms with van der Waals surface area (Å²) in [5.74, 6) is 1.12. The van der Waals surface area contributed by atoms with E-state index in [-0.39, 0.29) is 42.2 Å². The predicted molar refractivity (Wildman–Crippen MR) is 220 cm³/mol. The van der Waals surface area contributed by atoms with E-state index in [4.69, 9.17) is 11.3 Å². The van der Waals surface area contributed by atoms with Gasteiger partial charge in [-0.25, -0.2) is 4.85 Å². The second kappa shape index (κ2) is 16.6. The SMILES string of the molecule is [C-]#[N+]c1ccc(OC2CCC(NC(=O)c3ccc(N4CCC(CN5CCN(c6ccc7c(c6)CN([C@H]6CCC(=O)NC6=O)C7=O)CC5)CC4)nn3)CC2)c2cccnc12. The van der Waals surface area contributed by atoms with Crippen molar-refractivity contribution < 1.29 is 23.9 Å². The number of amides is 4. The van der Waals surface area contributed by atoms with Gasteiger partial charge < -0.3 is 24.8 Å². The number of carbonyl (C=O) groups excluding carboxylic acids is 4. The van der Waals surface area contributed by atoms with Gasteiger partial charge in [0.15, 0.2) is 11.5 Å². The summed E-state index contributed by atoms with van der Waals surface area (Å²) >= 11 is 0. The van der Waals surface area contributed by atoms with Gasteiger partial charge in [-0.3, -0.25) is 34.4 Å². The maximum atomic E-state index is 13.1. The summed E-state index contributed by atoms with van der Waals surface area (Å²) in [5, 5.41) is 15.1. The lowest BCUT2D eigenvalue weighted by Gasteiger charge is -2.39. The summed E-state index contributed by atoms with van der Waals surface area (Å²) in [6.45, 7) is 14.4. The van der Waals surface area contributed by atoms with E-state index in [0.717, 1.165) is 113 Å². The van der Waals surface area contributed by atoms with E-state index in [1.54, 1.807) is 23.2 Å². The quantitative estimate of drug-likeness (QED) is 0.182. The molecular formula is C44H48N10O5. The number of hydrogen-bond acceptors (Lipinski definition) is 11. The number of piperazine rings is 1. The Morgan fingerprint density at radius 2 is 1.69 bits per heavy atom. The molecule has 4 amide bonds. The molecule has 15 nitrogen and oxygen atoms in total. The maximum absolute atomic E-state index is 13.1. The van der Waals surface area contributed by atoms with Gasteiger partial charge in [-0.2, -0.15) is 0 Å². The van der Waals surface area contributed by atoms with Gasteiger partial charge in [0.25, 0.3) is 11.8 Å². The van der Waals surface area contributed by atoms with E-state index in [1.807, 2.05) is 36.4 Å². The molecule has 15 heteroatoms. The van der Waals surface area contributed by atoms with Crippen LogP contribution in [0.5, 0.6) is 5.75 Å². The Balaban J connectivity index is 0.693. The first-order valence-electron chi connectivity index (χ1n) is 20.9. The molecule has 4 aliphatic heterocycles. The maximum Gasteiger partial charge on any atom is 0.272 e. The molecule has 4 fully saturated rings. The number of nitrogens with one attached hydrogen (secondary N) is 2. The van der Waals surface area contributed by atoms with E-state index >= 15 is 0 Å². The Hall–Kier alpha value is -6.14. The van der Waals surface area contributed by atoms with Crippen LogP contribution in [-0.4, -0.2) is 113 Å². The highest BCUT2D eigenvalue weighted by molar-refractivity contribution is 6.05. The summed E-state index contributed by atoms with van der Waals surface area (Å²) in [4.78, 5) is 67.1. The fourth-order valence-electron chi connectivity index (χ4n) is 9.36. The van der Waals surface area contributed by atoms with Crippen LogP contribution < -0.4 is 25.2 Å². The fraction of sp³-hybridized carbons (Fsp3) is 0.455. The Labute approximate surface area is 342 Å². The van der Waals surface area contributed by atoms with Gasteiger partial charge in [0.2, 0.25) is 17.5 Å². The van der Waals surface area contributed by atoms with Gasteiger partial charge in [-0.1, -0.05) is 6.07 Å². The van der Waals surface area contributed by atoms with Crippen LogP contribution in [0.2, 0.25) is 0 Å². The minimum Gasteiger partial charge on any atom is -0.490 e. The van der Waals surface area contributed by atoms with Crippen LogP contribution in [0.1, 0.15) is 77.8 Å². The number of piperidine rings is 2. The number of rotatable bonds is 9. The van der Waals surface area contributed by atoms with Crippen LogP contribution in [0.25, 0.3) is 15.7 Å². The lowest BCUT2D eigenvalue weighted by molar-refractivity contribution is -0.136. The van der Waals surface area contributed by atoms with E-state index in [1.165, 1.54) is 0 Å². The molecule has 3 saturated heterocycles. The normalized spacial score (nSPS) is 22.9. The molecule has 1 aliphatic carbocycles. The van der Waals surface area contributed by atoms with Crippen molar-refractivity contribution in [3.8, 4) is 5.75 Å². The van der Waals surface area contributed by atoms with Crippen molar-refractivity contribution >= 4 is 51.7 Å². The number of hydrogen-bond donors (Lipinski definition) is 2. The molecule has 0 unspecified atom stereocenters. The first-order chi connectivity index (χ1) is 28.8. The molecule has 5 aliphatic rings. The Bertz CT molecular complexity index is 2290. The number of aromatic nitrogens is 3. The third-order valence-corrected chi connectivity index (χ3v) is 12.7. The zero-order valence-electron chi connectivity index (χ0n) is 33.0. The second-order valence-corrected chi connectivity index (χ2v) is 16.4. The van der Waals surface area contributed by atoms with Crippen molar-refractivity contribution in [1.82, 2.24) is 35.6 Å².